The first-order chi connectivity index (χ1) is 13.1. The second-order valence-electron chi connectivity index (χ2n) is 6.26. The van der Waals surface area contributed by atoms with Crippen LogP contribution < -0.4 is 5.43 Å². The van der Waals surface area contributed by atoms with Crippen LogP contribution >= 0.6 is 22.9 Å². The Kier molecular flexibility index (Phi) is 6.47. The van der Waals surface area contributed by atoms with Crippen LogP contribution in [0.3, 0.4) is 0 Å². The zero-order valence-electron chi connectivity index (χ0n) is 15.9. The molecule has 2 aromatic heterocycles. The Bertz CT molecular complexity index is 1020. The van der Waals surface area contributed by atoms with Crippen molar-refractivity contribution >= 4 is 33.7 Å². The largest absolute Gasteiger partial charge is 0.297 e. The maximum Gasteiger partial charge on any atom is 0.196 e. The van der Waals surface area contributed by atoms with E-state index >= 15 is 0 Å². The number of thiophene rings is 1. The number of benzene rings is 1. The molecular weight excluding hydrogens is 378 g/mol. The standard InChI is InChI=1S/C14H21N3S.C7H3ClO/c1-4-12-7-8-14(18-12)17-10-9-15-13(17)11-16(5-2)6-3;8-5-3-1-2-4-6(5)7(4)9/h7-10H,4-6,11H2,1-3H3;1-3H. The van der Waals surface area contributed by atoms with Crippen LogP contribution in [-0.4, -0.2) is 27.5 Å². The second kappa shape index (κ2) is 8.83. The second-order valence-corrected chi connectivity index (χ2v) is 7.81. The Hall–Kier alpha value is -1.95. The molecule has 6 heteroatoms. The van der Waals surface area contributed by atoms with Crippen LogP contribution in [0.4, 0.5) is 0 Å². The first-order valence-corrected chi connectivity index (χ1v) is 10.4. The topological polar surface area (TPSA) is 38.1 Å². The third-order valence-electron chi connectivity index (χ3n) is 4.63. The molecule has 0 amide bonds. The molecule has 142 valence electrons. The van der Waals surface area contributed by atoms with Crippen LogP contribution in [0, 0.1) is 0 Å². The fourth-order valence-corrected chi connectivity index (χ4v) is 4.09. The van der Waals surface area contributed by atoms with Gasteiger partial charge >= 0.3 is 0 Å². The van der Waals surface area contributed by atoms with E-state index in [4.69, 9.17) is 11.6 Å². The predicted molar refractivity (Wildman–Crippen MR) is 115 cm³/mol. The van der Waals surface area contributed by atoms with E-state index in [1.165, 1.54) is 9.88 Å². The molecule has 0 saturated carbocycles. The summed E-state index contributed by atoms with van der Waals surface area (Å²) in [6.45, 7) is 9.62. The third-order valence-corrected chi connectivity index (χ3v) is 6.18. The minimum Gasteiger partial charge on any atom is -0.297 e. The monoisotopic (exact) mass is 401 g/mol. The Labute approximate surface area is 168 Å². The molecule has 0 fully saturated rings. The van der Waals surface area contributed by atoms with Crippen molar-refractivity contribution in [3.05, 3.63) is 68.7 Å². The number of halogens is 1. The maximum absolute atomic E-state index is 10.7. The van der Waals surface area contributed by atoms with Gasteiger partial charge in [0.25, 0.3) is 0 Å². The highest BCUT2D eigenvalue weighted by molar-refractivity contribution is 7.14. The normalized spacial score (nSPS) is 11.3. The Morgan fingerprint density at radius 3 is 2.52 bits per heavy atom. The molecule has 4 nitrogen and oxygen atoms in total. The molecule has 0 aliphatic heterocycles. The highest BCUT2D eigenvalue weighted by Gasteiger charge is 2.13. The summed E-state index contributed by atoms with van der Waals surface area (Å²) in [5.41, 5.74) is 0.102. The number of nitrogens with zero attached hydrogens (tertiary/aromatic N) is 3. The molecule has 0 aliphatic carbocycles. The summed E-state index contributed by atoms with van der Waals surface area (Å²) < 4.78 is 2.21. The molecule has 4 aromatic rings. The summed E-state index contributed by atoms with van der Waals surface area (Å²) in [4.78, 5) is 19.0. The molecule has 0 N–H and O–H groups in total. The van der Waals surface area contributed by atoms with E-state index in [1.807, 2.05) is 17.5 Å². The molecule has 0 bridgehead atoms. The van der Waals surface area contributed by atoms with Gasteiger partial charge in [-0.15, -0.1) is 11.3 Å². The number of fused-ring (bicyclic) bond motifs is 1. The average Bonchev–Trinajstić information content (AvgIpc) is 3.07. The van der Waals surface area contributed by atoms with Crippen LogP contribution in [0.2, 0.25) is 5.02 Å². The van der Waals surface area contributed by atoms with E-state index in [1.54, 1.807) is 18.2 Å². The molecule has 27 heavy (non-hydrogen) atoms. The van der Waals surface area contributed by atoms with Crippen LogP contribution in [0.25, 0.3) is 15.8 Å². The van der Waals surface area contributed by atoms with Gasteiger partial charge in [-0.2, -0.15) is 0 Å². The molecular formula is C21H24ClN3OS. The highest BCUT2D eigenvalue weighted by Crippen LogP contribution is 2.24. The number of hydrogen-bond donors (Lipinski definition) is 0. The quantitative estimate of drug-likeness (QED) is 0.452. The van der Waals surface area contributed by atoms with Crippen LogP contribution in [0.15, 0.2) is 47.5 Å². The molecule has 4 rings (SSSR count). The Morgan fingerprint density at radius 1 is 1.15 bits per heavy atom. The van der Waals surface area contributed by atoms with Crippen molar-refractivity contribution in [3.63, 3.8) is 0 Å². The smallest absolute Gasteiger partial charge is 0.196 e. The molecule has 0 spiro atoms. The van der Waals surface area contributed by atoms with Gasteiger partial charge in [-0.3, -0.25) is 14.3 Å². The number of rotatable bonds is 6. The zero-order valence-corrected chi connectivity index (χ0v) is 17.5. The van der Waals surface area contributed by atoms with Crippen molar-refractivity contribution in [1.29, 1.82) is 0 Å². The summed E-state index contributed by atoms with van der Waals surface area (Å²) in [6.07, 6.45) is 5.05. The van der Waals surface area contributed by atoms with Gasteiger partial charge in [0.15, 0.2) is 5.43 Å². The van der Waals surface area contributed by atoms with Gasteiger partial charge in [0.1, 0.15) is 10.8 Å². The lowest BCUT2D eigenvalue weighted by Crippen LogP contribution is -2.23. The lowest BCUT2D eigenvalue weighted by atomic mass is 10.4. The number of aromatic nitrogens is 2. The Morgan fingerprint density at radius 2 is 1.93 bits per heavy atom. The number of hydrogen-bond acceptors (Lipinski definition) is 4. The summed E-state index contributed by atoms with van der Waals surface area (Å²) in [7, 11) is 0. The predicted octanol–water partition coefficient (Wildman–Crippen LogP) is 5.07. The maximum atomic E-state index is 10.7. The Balaban J connectivity index is 0.000000193. The van der Waals surface area contributed by atoms with Crippen molar-refractivity contribution in [3.8, 4) is 5.00 Å². The molecule has 2 heterocycles. The van der Waals surface area contributed by atoms with Gasteiger partial charge in [-0.1, -0.05) is 44.5 Å². The minimum atomic E-state index is 0.102. The number of imidazole rings is 1. The summed E-state index contributed by atoms with van der Waals surface area (Å²) in [5, 5.41) is 3.34. The number of aryl methyl sites for hydroxylation is 1. The van der Waals surface area contributed by atoms with Crippen molar-refractivity contribution in [2.45, 2.75) is 33.7 Å². The molecule has 2 aromatic carbocycles. The zero-order chi connectivity index (χ0) is 19.4. The fourth-order valence-electron chi connectivity index (χ4n) is 2.88. The van der Waals surface area contributed by atoms with Crippen molar-refractivity contribution in [2.24, 2.45) is 0 Å². The van der Waals surface area contributed by atoms with Gasteiger partial charge in [0, 0.05) is 22.7 Å². The van der Waals surface area contributed by atoms with E-state index in [-0.39, 0.29) is 5.43 Å². The lowest BCUT2D eigenvalue weighted by molar-refractivity contribution is 0.287. The van der Waals surface area contributed by atoms with Crippen LogP contribution in [0.1, 0.15) is 31.5 Å². The van der Waals surface area contributed by atoms with E-state index < -0.39 is 0 Å². The minimum absolute atomic E-state index is 0.102. The first-order valence-electron chi connectivity index (χ1n) is 9.25. The molecule has 0 saturated heterocycles. The van der Waals surface area contributed by atoms with E-state index in [0.29, 0.717) is 10.4 Å². The van der Waals surface area contributed by atoms with E-state index in [0.717, 1.165) is 37.3 Å². The first kappa shape index (κ1) is 19.8. The van der Waals surface area contributed by atoms with Crippen molar-refractivity contribution < 1.29 is 0 Å². The van der Waals surface area contributed by atoms with Gasteiger partial charge < -0.3 is 0 Å². The average molecular weight is 402 g/mol. The SMILES string of the molecule is CCc1ccc(-n2ccnc2CN(CC)CC)s1.O=c1c2cccc(Cl)c12. The van der Waals surface area contributed by atoms with Gasteiger partial charge in [0.2, 0.25) is 0 Å². The summed E-state index contributed by atoms with van der Waals surface area (Å²) >= 11 is 7.49. The van der Waals surface area contributed by atoms with Crippen LogP contribution in [-0.2, 0) is 13.0 Å². The van der Waals surface area contributed by atoms with Crippen molar-refractivity contribution in [2.75, 3.05) is 13.1 Å². The fraction of sp³-hybridized carbons (Fsp3) is 0.333. The highest BCUT2D eigenvalue weighted by atomic mass is 35.5. The molecule has 0 unspecified atom stereocenters. The van der Waals surface area contributed by atoms with Gasteiger partial charge in [0.05, 0.1) is 17.0 Å². The molecule has 0 radical (unpaired) electrons. The third kappa shape index (κ3) is 4.49. The van der Waals surface area contributed by atoms with Gasteiger partial charge in [-0.05, 0) is 37.7 Å². The van der Waals surface area contributed by atoms with E-state index in [9.17, 15) is 4.79 Å². The van der Waals surface area contributed by atoms with Gasteiger partial charge in [-0.25, -0.2) is 4.98 Å². The van der Waals surface area contributed by atoms with E-state index in [2.05, 4.69) is 53.6 Å². The van der Waals surface area contributed by atoms with Crippen LogP contribution in [0.5, 0.6) is 0 Å². The summed E-state index contributed by atoms with van der Waals surface area (Å²) in [5.74, 6) is 1.13. The lowest BCUT2D eigenvalue weighted by Gasteiger charge is -2.17. The summed E-state index contributed by atoms with van der Waals surface area (Å²) in [6, 6.07) is 9.69. The molecule has 0 atom stereocenters. The molecule has 0 aliphatic rings. The van der Waals surface area contributed by atoms with Crippen molar-refractivity contribution in [1.82, 2.24) is 14.5 Å².